The van der Waals surface area contributed by atoms with Gasteiger partial charge >= 0.3 is 0 Å². The van der Waals surface area contributed by atoms with Crippen molar-refractivity contribution >= 4 is 31.4 Å². The third-order valence-corrected chi connectivity index (χ3v) is 3.42. The van der Waals surface area contributed by atoms with Crippen molar-refractivity contribution in [3.8, 4) is 0 Å². The summed E-state index contributed by atoms with van der Waals surface area (Å²) >= 11 is 0. The number of imidazole rings is 1. The standard InChI is InChI=1S/C15H13N2OP/c1-9-16-13-7-4-11(8-14(13)17-9)15(18)10-2-5-12(19)6-3-10/h2-8H,19H2,1H3,(H,16,17). The number of fused-ring (bicyclic) bond motifs is 1. The average Bonchev–Trinajstić information content (AvgIpc) is 2.77. The molecule has 0 radical (unpaired) electrons. The topological polar surface area (TPSA) is 45.8 Å². The maximum Gasteiger partial charge on any atom is 0.193 e. The second-order valence-corrected chi connectivity index (χ2v) is 5.17. The molecule has 19 heavy (non-hydrogen) atoms. The van der Waals surface area contributed by atoms with E-state index in [4.69, 9.17) is 0 Å². The highest BCUT2D eigenvalue weighted by atomic mass is 31.0. The number of nitrogens with one attached hydrogen (secondary N) is 1. The van der Waals surface area contributed by atoms with Gasteiger partial charge in [-0.2, -0.15) is 0 Å². The predicted molar refractivity (Wildman–Crippen MR) is 80.0 cm³/mol. The molecule has 0 bridgehead atoms. The second-order valence-electron chi connectivity index (χ2n) is 4.51. The Balaban J connectivity index is 2.03. The third-order valence-electron chi connectivity index (χ3n) is 3.04. The average molecular weight is 268 g/mol. The fraction of sp³-hybridized carbons (Fsp3) is 0.0667. The minimum Gasteiger partial charge on any atom is -0.342 e. The number of aromatic amines is 1. The molecule has 1 unspecified atom stereocenters. The number of carbonyl (C=O) groups is 1. The molecular formula is C15H13N2OP. The smallest absolute Gasteiger partial charge is 0.193 e. The molecule has 0 spiro atoms. The monoisotopic (exact) mass is 268 g/mol. The van der Waals surface area contributed by atoms with Crippen LogP contribution < -0.4 is 5.30 Å². The van der Waals surface area contributed by atoms with Gasteiger partial charge in [-0.15, -0.1) is 9.24 Å². The molecule has 1 N–H and O–H groups in total. The van der Waals surface area contributed by atoms with Crippen LogP contribution in [0.3, 0.4) is 0 Å². The van der Waals surface area contributed by atoms with Gasteiger partial charge < -0.3 is 4.98 Å². The highest BCUT2D eigenvalue weighted by Gasteiger charge is 2.10. The highest BCUT2D eigenvalue weighted by molar-refractivity contribution is 7.27. The summed E-state index contributed by atoms with van der Waals surface area (Å²) in [6, 6.07) is 13.1. The van der Waals surface area contributed by atoms with Crippen LogP contribution in [-0.4, -0.2) is 15.8 Å². The number of nitrogens with zero attached hydrogens (tertiary/aromatic N) is 1. The van der Waals surface area contributed by atoms with Crippen molar-refractivity contribution in [2.45, 2.75) is 6.92 Å². The molecule has 0 saturated heterocycles. The number of aromatic nitrogens is 2. The molecule has 2 aromatic carbocycles. The van der Waals surface area contributed by atoms with Crippen LogP contribution in [0.5, 0.6) is 0 Å². The molecule has 94 valence electrons. The zero-order valence-corrected chi connectivity index (χ0v) is 11.6. The Labute approximate surface area is 113 Å². The van der Waals surface area contributed by atoms with E-state index in [0.29, 0.717) is 11.1 Å². The Hall–Kier alpha value is -1.99. The summed E-state index contributed by atoms with van der Waals surface area (Å²) in [5, 5.41) is 1.07. The molecule has 0 aliphatic heterocycles. The van der Waals surface area contributed by atoms with E-state index >= 15 is 0 Å². The van der Waals surface area contributed by atoms with Gasteiger partial charge in [-0.05, 0) is 30.4 Å². The lowest BCUT2D eigenvalue weighted by molar-refractivity contribution is 0.103. The van der Waals surface area contributed by atoms with Gasteiger partial charge in [0.05, 0.1) is 11.0 Å². The molecule has 0 saturated carbocycles. The van der Waals surface area contributed by atoms with Crippen LogP contribution in [0.1, 0.15) is 21.7 Å². The van der Waals surface area contributed by atoms with Gasteiger partial charge in [-0.3, -0.25) is 4.79 Å². The lowest BCUT2D eigenvalue weighted by Gasteiger charge is -2.01. The fourth-order valence-electron chi connectivity index (χ4n) is 2.08. The summed E-state index contributed by atoms with van der Waals surface area (Å²) in [4.78, 5) is 19.8. The molecule has 3 nitrogen and oxygen atoms in total. The van der Waals surface area contributed by atoms with Gasteiger partial charge in [0.1, 0.15) is 5.82 Å². The summed E-state index contributed by atoms with van der Waals surface area (Å²) in [5.41, 5.74) is 3.15. The zero-order chi connectivity index (χ0) is 13.4. The van der Waals surface area contributed by atoms with Crippen molar-refractivity contribution in [2.24, 2.45) is 0 Å². The molecular weight excluding hydrogens is 255 g/mol. The first-order chi connectivity index (χ1) is 9.13. The normalized spacial score (nSPS) is 10.8. The largest absolute Gasteiger partial charge is 0.342 e. The van der Waals surface area contributed by atoms with Crippen molar-refractivity contribution in [3.63, 3.8) is 0 Å². The first kappa shape index (κ1) is 12.1. The van der Waals surface area contributed by atoms with Crippen LogP contribution in [-0.2, 0) is 0 Å². The Morgan fingerprint density at radius 1 is 1.11 bits per heavy atom. The number of H-pyrrole nitrogens is 1. The summed E-state index contributed by atoms with van der Waals surface area (Å²) in [6.07, 6.45) is 0. The van der Waals surface area contributed by atoms with E-state index in [9.17, 15) is 4.79 Å². The molecule has 4 heteroatoms. The van der Waals surface area contributed by atoms with E-state index in [2.05, 4.69) is 19.2 Å². The summed E-state index contributed by atoms with van der Waals surface area (Å²) in [6.45, 7) is 1.90. The third kappa shape index (κ3) is 2.29. The summed E-state index contributed by atoms with van der Waals surface area (Å²) in [5.74, 6) is 0.881. The first-order valence-electron chi connectivity index (χ1n) is 6.00. The van der Waals surface area contributed by atoms with E-state index in [1.54, 1.807) is 0 Å². The van der Waals surface area contributed by atoms with E-state index in [-0.39, 0.29) is 5.78 Å². The number of carbonyl (C=O) groups excluding carboxylic acids is 1. The predicted octanol–water partition coefficient (Wildman–Crippen LogP) is 2.60. The van der Waals surface area contributed by atoms with E-state index in [1.807, 2.05) is 49.4 Å². The Morgan fingerprint density at radius 3 is 2.53 bits per heavy atom. The van der Waals surface area contributed by atoms with Crippen molar-refractivity contribution in [3.05, 3.63) is 59.4 Å². The summed E-state index contributed by atoms with van der Waals surface area (Å²) < 4.78 is 0. The minimum absolute atomic E-state index is 0.0270. The lowest BCUT2D eigenvalue weighted by Crippen LogP contribution is -2.02. The lowest BCUT2D eigenvalue weighted by atomic mass is 10.0. The zero-order valence-electron chi connectivity index (χ0n) is 10.5. The maximum atomic E-state index is 12.4. The number of benzene rings is 2. The fourth-order valence-corrected chi connectivity index (χ4v) is 2.27. The molecule has 3 rings (SSSR count). The van der Waals surface area contributed by atoms with E-state index < -0.39 is 0 Å². The van der Waals surface area contributed by atoms with Crippen molar-refractivity contribution in [2.75, 3.05) is 0 Å². The number of aryl methyl sites for hydroxylation is 1. The van der Waals surface area contributed by atoms with Crippen molar-refractivity contribution in [1.29, 1.82) is 0 Å². The molecule has 0 aliphatic rings. The van der Waals surface area contributed by atoms with Crippen LogP contribution in [0.25, 0.3) is 11.0 Å². The van der Waals surface area contributed by atoms with Crippen LogP contribution in [0, 0.1) is 6.92 Å². The van der Waals surface area contributed by atoms with Gasteiger partial charge in [-0.25, -0.2) is 4.98 Å². The van der Waals surface area contributed by atoms with E-state index in [0.717, 1.165) is 22.2 Å². The quantitative estimate of drug-likeness (QED) is 0.573. The van der Waals surface area contributed by atoms with Gasteiger partial charge in [0.2, 0.25) is 0 Å². The van der Waals surface area contributed by atoms with Crippen LogP contribution >= 0.6 is 9.24 Å². The van der Waals surface area contributed by atoms with Gasteiger partial charge in [0.25, 0.3) is 0 Å². The summed E-state index contributed by atoms with van der Waals surface area (Å²) in [7, 11) is 2.61. The number of ketones is 1. The Morgan fingerprint density at radius 2 is 1.79 bits per heavy atom. The van der Waals surface area contributed by atoms with Crippen molar-refractivity contribution in [1.82, 2.24) is 9.97 Å². The van der Waals surface area contributed by atoms with Gasteiger partial charge in [0, 0.05) is 11.1 Å². The number of rotatable bonds is 2. The Kier molecular flexibility index (Phi) is 2.92. The molecule has 3 aromatic rings. The van der Waals surface area contributed by atoms with Crippen LogP contribution in [0.4, 0.5) is 0 Å². The molecule has 1 aromatic heterocycles. The Bertz CT molecular complexity index is 759. The first-order valence-corrected chi connectivity index (χ1v) is 6.58. The minimum atomic E-state index is 0.0270. The van der Waals surface area contributed by atoms with Gasteiger partial charge in [-0.1, -0.05) is 24.3 Å². The maximum absolute atomic E-state index is 12.4. The molecule has 1 heterocycles. The molecule has 1 atom stereocenters. The van der Waals surface area contributed by atoms with Gasteiger partial charge in [0.15, 0.2) is 5.78 Å². The molecule has 0 aliphatic carbocycles. The number of hydrogen-bond donors (Lipinski definition) is 1. The highest BCUT2D eigenvalue weighted by Crippen LogP contribution is 2.16. The van der Waals surface area contributed by atoms with E-state index in [1.165, 1.54) is 0 Å². The SMILES string of the molecule is Cc1nc2ccc(C(=O)c3ccc(P)cc3)cc2[nH]1. The molecule has 0 amide bonds. The van der Waals surface area contributed by atoms with Crippen LogP contribution in [0.2, 0.25) is 0 Å². The van der Waals surface area contributed by atoms with Crippen LogP contribution in [0.15, 0.2) is 42.5 Å². The van der Waals surface area contributed by atoms with Crippen molar-refractivity contribution < 1.29 is 4.79 Å². The molecule has 0 fully saturated rings. The number of hydrogen-bond acceptors (Lipinski definition) is 2. The second kappa shape index (κ2) is 4.60.